The van der Waals surface area contributed by atoms with Crippen molar-refractivity contribution in [3.05, 3.63) is 58.1 Å². The van der Waals surface area contributed by atoms with Gasteiger partial charge in [-0.05, 0) is 36.4 Å². The van der Waals surface area contributed by atoms with E-state index in [9.17, 15) is 9.59 Å². The van der Waals surface area contributed by atoms with Crippen LogP contribution in [0.2, 0.25) is 0 Å². The number of benzene rings is 2. The van der Waals surface area contributed by atoms with Gasteiger partial charge in [-0.1, -0.05) is 22.0 Å². The molecule has 0 unspecified atom stereocenters. The van der Waals surface area contributed by atoms with Crippen LogP contribution < -0.4 is 9.47 Å². The Morgan fingerprint density at radius 3 is 2.57 bits per heavy atom. The van der Waals surface area contributed by atoms with Gasteiger partial charge in [-0.3, -0.25) is 4.79 Å². The number of ether oxygens (including phenoxy) is 3. The molecular formula is C17H13BrO5. The molecule has 0 fully saturated rings. The van der Waals surface area contributed by atoms with Crippen molar-refractivity contribution in [3.8, 4) is 11.5 Å². The first-order chi connectivity index (χ1) is 11.1. The first-order valence-corrected chi connectivity index (χ1v) is 7.78. The molecule has 2 aromatic rings. The van der Waals surface area contributed by atoms with E-state index in [1.807, 2.05) is 0 Å². The van der Waals surface area contributed by atoms with Crippen molar-refractivity contribution in [1.29, 1.82) is 0 Å². The van der Waals surface area contributed by atoms with Gasteiger partial charge in [0.15, 0.2) is 23.9 Å². The number of carbonyl (C=O) groups excluding carboxylic acids is 2. The number of Topliss-reactive ketones (excluding diaryl/α,β-unsaturated/α-hetero) is 1. The molecule has 1 heterocycles. The van der Waals surface area contributed by atoms with Gasteiger partial charge < -0.3 is 14.2 Å². The molecule has 118 valence electrons. The van der Waals surface area contributed by atoms with Crippen LogP contribution in [0.25, 0.3) is 0 Å². The summed E-state index contributed by atoms with van der Waals surface area (Å²) >= 11 is 3.28. The molecule has 0 radical (unpaired) electrons. The lowest BCUT2D eigenvalue weighted by molar-refractivity contribution is 0.0474. The van der Waals surface area contributed by atoms with Gasteiger partial charge in [0.25, 0.3) is 0 Å². The molecule has 5 nitrogen and oxygen atoms in total. The van der Waals surface area contributed by atoms with Gasteiger partial charge in [0.1, 0.15) is 13.2 Å². The van der Waals surface area contributed by atoms with E-state index >= 15 is 0 Å². The fraction of sp³-hybridized carbons (Fsp3) is 0.176. The minimum Gasteiger partial charge on any atom is -0.486 e. The van der Waals surface area contributed by atoms with E-state index in [0.717, 1.165) is 4.47 Å². The van der Waals surface area contributed by atoms with E-state index in [2.05, 4.69) is 15.9 Å². The summed E-state index contributed by atoms with van der Waals surface area (Å²) in [6, 6.07) is 11.7. The van der Waals surface area contributed by atoms with Crippen LogP contribution in [0.15, 0.2) is 46.9 Å². The van der Waals surface area contributed by atoms with Gasteiger partial charge in [-0.25, -0.2) is 4.79 Å². The fourth-order valence-corrected chi connectivity index (χ4v) is 2.53. The number of esters is 1. The van der Waals surface area contributed by atoms with Crippen LogP contribution in [0, 0.1) is 0 Å². The van der Waals surface area contributed by atoms with Crippen LogP contribution in [0.4, 0.5) is 0 Å². The molecule has 6 heteroatoms. The van der Waals surface area contributed by atoms with Crippen LogP contribution in [0.5, 0.6) is 11.5 Å². The number of ketones is 1. The van der Waals surface area contributed by atoms with Crippen molar-refractivity contribution >= 4 is 27.7 Å². The molecule has 3 rings (SSSR count). The maximum Gasteiger partial charge on any atom is 0.338 e. The Hall–Kier alpha value is -2.34. The topological polar surface area (TPSA) is 61.8 Å². The maximum absolute atomic E-state index is 12.2. The van der Waals surface area contributed by atoms with E-state index in [-0.39, 0.29) is 12.4 Å². The third kappa shape index (κ3) is 3.71. The summed E-state index contributed by atoms with van der Waals surface area (Å²) in [5.74, 6) is 0.293. The highest BCUT2D eigenvalue weighted by atomic mass is 79.9. The van der Waals surface area contributed by atoms with Crippen molar-refractivity contribution in [1.82, 2.24) is 0 Å². The van der Waals surface area contributed by atoms with Gasteiger partial charge in [-0.15, -0.1) is 0 Å². The highest BCUT2D eigenvalue weighted by Crippen LogP contribution is 2.30. The average Bonchev–Trinajstić information content (AvgIpc) is 2.59. The summed E-state index contributed by atoms with van der Waals surface area (Å²) in [6.45, 7) is 0.609. The second kappa shape index (κ2) is 6.83. The molecular weight excluding hydrogens is 364 g/mol. The molecule has 0 saturated carbocycles. The van der Waals surface area contributed by atoms with E-state index in [4.69, 9.17) is 14.2 Å². The minimum absolute atomic E-state index is 0.301. The Kier molecular flexibility index (Phi) is 4.62. The second-order valence-corrected chi connectivity index (χ2v) is 5.78. The molecule has 0 bridgehead atoms. The summed E-state index contributed by atoms with van der Waals surface area (Å²) in [4.78, 5) is 24.1. The van der Waals surface area contributed by atoms with Gasteiger partial charge in [0, 0.05) is 10.0 Å². The van der Waals surface area contributed by atoms with E-state index in [1.54, 1.807) is 42.5 Å². The molecule has 0 amide bonds. The third-order valence-corrected chi connectivity index (χ3v) is 3.75. The second-order valence-electron chi connectivity index (χ2n) is 4.87. The number of hydrogen-bond acceptors (Lipinski definition) is 5. The van der Waals surface area contributed by atoms with Gasteiger partial charge >= 0.3 is 5.97 Å². The Morgan fingerprint density at radius 2 is 1.78 bits per heavy atom. The Bertz CT molecular complexity index is 756. The molecule has 0 aromatic heterocycles. The molecule has 0 N–H and O–H groups in total. The van der Waals surface area contributed by atoms with Crippen LogP contribution in [-0.2, 0) is 4.74 Å². The predicted octanol–water partition coefficient (Wildman–Crippen LogP) is 3.26. The smallest absolute Gasteiger partial charge is 0.338 e. The first-order valence-electron chi connectivity index (χ1n) is 6.99. The first kappa shape index (κ1) is 15.6. The summed E-state index contributed by atoms with van der Waals surface area (Å²) in [7, 11) is 0. The minimum atomic E-state index is -0.544. The molecule has 1 aliphatic heterocycles. The number of carbonyl (C=O) groups is 2. The summed E-state index contributed by atoms with van der Waals surface area (Å²) < 4.78 is 16.7. The van der Waals surface area contributed by atoms with Crippen molar-refractivity contribution in [2.75, 3.05) is 19.8 Å². The van der Waals surface area contributed by atoms with Crippen molar-refractivity contribution in [3.63, 3.8) is 0 Å². The SMILES string of the molecule is O=C(COC(=O)c1cccc(Br)c1)c1ccc2c(c1)OCCO2. The zero-order valence-corrected chi connectivity index (χ0v) is 13.7. The van der Waals surface area contributed by atoms with Crippen LogP contribution in [0.3, 0.4) is 0 Å². The molecule has 0 aliphatic carbocycles. The van der Waals surface area contributed by atoms with Gasteiger partial charge in [-0.2, -0.15) is 0 Å². The maximum atomic E-state index is 12.2. The van der Waals surface area contributed by atoms with Crippen molar-refractivity contribution in [2.24, 2.45) is 0 Å². The largest absolute Gasteiger partial charge is 0.486 e. The lowest BCUT2D eigenvalue weighted by atomic mass is 10.1. The molecule has 2 aromatic carbocycles. The molecule has 0 saturated heterocycles. The van der Waals surface area contributed by atoms with Crippen molar-refractivity contribution < 1.29 is 23.8 Å². The van der Waals surface area contributed by atoms with Crippen LogP contribution in [-0.4, -0.2) is 31.6 Å². The van der Waals surface area contributed by atoms with Gasteiger partial charge in [0.2, 0.25) is 0 Å². The van der Waals surface area contributed by atoms with Crippen molar-refractivity contribution in [2.45, 2.75) is 0 Å². The molecule has 0 spiro atoms. The Morgan fingerprint density at radius 1 is 1.00 bits per heavy atom. The average molecular weight is 377 g/mol. The highest BCUT2D eigenvalue weighted by molar-refractivity contribution is 9.10. The highest BCUT2D eigenvalue weighted by Gasteiger charge is 2.16. The molecule has 0 atom stereocenters. The zero-order valence-electron chi connectivity index (χ0n) is 12.1. The summed E-state index contributed by atoms with van der Waals surface area (Å²) in [6.07, 6.45) is 0. The fourth-order valence-electron chi connectivity index (χ4n) is 2.13. The van der Waals surface area contributed by atoms with E-state index in [0.29, 0.717) is 35.8 Å². The Balaban J connectivity index is 1.64. The predicted molar refractivity (Wildman–Crippen MR) is 86.2 cm³/mol. The van der Waals surface area contributed by atoms with Crippen LogP contribution in [0.1, 0.15) is 20.7 Å². The molecule has 23 heavy (non-hydrogen) atoms. The number of rotatable bonds is 4. The number of hydrogen-bond donors (Lipinski definition) is 0. The monoisotopic (exact) mass is 376 g/mol. The normalized spacial score (nSPS) is 12.6. The lowest BCUT2D eigenvalue weighted by Crippen LogP contribution is -2.17. The quantitative estimate of drug-likeness (QED) is 0.605. The summed E-state index contributed by atoms with van der Waals surface area (Å²) in [5.41, 5.74) is 0.797. The Labute approximate surface area is 141 Å². The lowest BCUT2D eigenvalue weighted by Gasteiger charge is -2.18. The number of fused-ring (bicyclic) bond motifs is 1. The van der Waals surface area contributed by atoms with Crippen LogP contribution >= 0.6 is 15.9 Å². The zero-order chi connectivity index (χ0) is 16.2. The molecule has 1 aliphatic rings. The van der Waals surface area contributed by atoms with E-state index < -0.39 is 5.97 Å². The summed E-state index contributed by atoms with van der Waals surface area (Å²) in [5, 5.41) is 0. The standard InChI is InChI=1S/C17H13BrO5/c18-13-3-1-2-12(8-13)17(20)23-10-14(19)11-4-5-15-16(9-11)22-7-6-21-15/h1-5,8-9H,6-7,10H2. The van der Waals surface area contributed by atoms with Gasteiger partial charge in [0.05, 0.1) is 5.56 Å². The third-order valence-electron chi connectivity index (χ3n) is 3.26. The van der Waals surface area contributed by atoms with E-state index in [1.165, 1.54) is 0 Å². The number of halogens is 1.